The maximum atomic E-state index is 13.5. The zero-order valence-corrected chi connectivity index (χ0v) is 14.7. The van der Waals surface area contributed by atoms with Gasteiger partial charge in [0.05, 0.1) is 19.3 Å². The topological polar surface area (TPSA) is 30.5 Å². The molecule has 0 radical (unpaired) electrons. The Hall–Kier alpha value is -1.91. The summed E-state index contributed by atoms with van der Waals surface area (Å²) in [6.07, 6.45) is 4.08. The highest BCUT2D eigenvalue weighted by molar-refractivity contribution is 5.36. The molecule has 0 aliphatic carbocycles. The Kier molecular flexibility index (Phi) is 6.42. The van der Waals surface area contributed by atoms with E-state index < -0.39 is 0 Å². The normalized spacial score (nSPS) is 19.9. The summed E-state index contributed by atoms with van der Waals surface area (Å²) in [5.41, 5.74) is 2.17. The van der Waals surface area contributed by atoms with Crippen LogP contribution in [0.1, 0.15) is 36.5 Å². The van der Waals surface area contributed by atoms with E-state index in [1.807, 2.05) is 6.07 Å². The number of hydrogen-bond donors (Lipinski definition) is 1. The van der Waals surface area contributed by atoms with Gasteiger partial charge in [0.15, 0.2) is 0 Å². The van der Waals surface area contributed by atoms with Crippen LogP contribution in [0.15, 0.2) is 48.5 Å². The van der Waals surface area contributed by atoms with E-state index in [1.165, 1.54) is 17.7 Å². The molecule has 0 amide bonds. The molecular weight excluding hydrogens is 317 g/mol. The molecule has 1 unspecified atom stereocenters. The van der Waals surface area contributed by atoms with Crippen LogP contribution in [0.3, 0.4) is 0 Å². The van der Waals surface area contributed by atoms with Crippen LogP contribution in [0.4, 0.5) is 4.39 Å². The fourth-order valence-electron chi connectivity index (χ4n) is 3.37. The van der Waals surface area contributed by atoms with E-state index in [4.69, 9.17) is 9.47 Å². The van der Waals surface area contributed by atoms with Crippen LogP contribution >= 0.6 is 0 Å². The summed E-state index contributed by atoms with van der Waals surface area (Å²) in [5, 5.41) is 3.48. The van der Waals surface area contributed by atoms with Crippen molar-refractivity contribution in [3.8, 4) is 5.75 Å². The lowest BCUT2D eigenvalue weighted by atomic mass is 10.0. The third-order valence-corrected chi connectivity index (χ3v) is 4.72. The first-order valence-electron chi connectivity index (χ1n) is 9.00. The Morgan fingerprint density at radius 1 is 1.12 bits per heavy atom. The van der Waals surface area contributed by atoms with Gasteiger partial charge >= 0.3 is 0 Å². The number of hydrogen-bond acceptors (Lipinski definition) is 3. The van der Waals surface area contributed by atoms with Crippen molar-refractivity contribution in [2.75, 3.05) is 20.2 Å². The van der Waals surface area contributed by atoms with E-state index in [0.717, 1.165) is 44.3 Å². The smallest absolute Gasteiger partial charge is 0.124 e. The number of methoxy groups -OCH3 is 1. The van der Waals surface area contributed by atoms with Crippen molar-refractivity contribution >= 4 is 0 Å². The standard InChI is InChI=1S/C21H26FNO2/c1-24-20-9-7-17(22)15-19(20)21-10-8-18(25-21)12-14-23-13-11-16-5-3-2-4-6-16/h2-7,9,15,18,21,23H,8,10-14H2,1H3/t18-,21?/m0/s1. The highest BCUT2D eigenvalue weighted by Crippen LogP contribution is 2.38. The van der Waals surface area contributed by atoms with Crippen LogP contribution in [0, 0.1) is 5.82 Å². The van der Waals surface area contributed by atoms with E-state index in [-0.39, 0.29) is 18.0 Å². The van der Waals surface area contributed by atoms with Gasteiger partial charge in [-0.3, -0.25) is 0 Å². The predicted molar refractivity (Wildman–Crippen MR) is 97.4 cm³/mol. The second kappa shape index (κ2) is 8.97. The molecule has 4 heteroatoms. The van der Waals surface area contributed by atoms with Gasteiger partial charge in [-0.05, 0) is 62.5 Å². The molecule has 1 N–H and O–H groups in total. The molecule has 1 heterocycles. The molecule has 25 heavy (non-hydrogen) atoms. The lowest BCUT2D eigenvalue weighted by molar-refractivity contribution is 0.0388. The largest absolute Gasteiger partial charge is 0.496 e. The molecular formula is C21H26FNO2. The van der Waals surface area contributed by atoms with Crippen LogP contribution in [0.5, 0.6) is 5.75 Å². The number of rotatable bonds is 8. The van der Waals surface area contributed by atoms with E-state index >= 15 is 0 Å². The van der Waals surface area contributed by atoms with Crippen molar-refractivity contribution in [1.29, 1.82) is 0 Å². The molecule has 1 aliphatic rings. The third kappa shape index (κ3) is 5.03. The van der Waals surface area contributed by atoms with Crippen molar-refractivity contribution in [3.05, 3.63) is 65.5 Å². The highest BCUT2D eigenvalue weighted by atomic mass is 19.1. The fraction of sp³-hybridized carbons (Fsp3) is 0.429. The van der Waals surface area contributed by atoms with Gasteiger partial charge in [-0.15, -0.1) is 0 Å². The molecule has 1 aliphatic heterocycles. The molecule has 3 rings (SSSR count). The summed E-state index contributed by atoms with van der Waals surface area (Å²) in [6, 6.07) is 15.1. The quantitative estimate of drug-likeness (QED) is 0.726. The van der Waals surface area contributed by atoms with Crippen LogP contribution in [-0.2, 0) is 11.2 Å². The number of nitrogens with one attached hydrogen (secondary N) is 1. The molecule has 134 valence electrons. The number of halogens is 1. The Morgan fingerprint density at radius 3 is 2.76 bits per heavy atom. The molecule has 1 fully saturated rings. The summed E-state index contributed by atoms with van der Waals surface area (Å²) >= 11 is 0. The van der Waals surface area contributed by atoms with E-state index in [1.54, 1.807) is 13.2 Å². The SMILES string of the molecule is COc1ccc(F)cc1C1CC[C@@H](CCNCCc2ccccc2)O1. The predicted octanol–water partition coefficient (Wildman–Crippen LogP) is 4.28. The average Bonchev–Trinajstić information content (AvgIpc) is 3.11. The lowest BCUT2D eigenvalue weighted by Gasteiger charge is -2.17. The number of benzene rings is 2. The summed E-state index contributed by atoms with van der Waals surface area (Å²) < 4.78 is 25.0. The second-order valence-electron chi connectivity index (χ2n) is 6.48. The van der Waals surface area contributed by atoms with E-state index in [9.17, 15) is 4.39 Å². The Bertz CT molecular complexity index is 662. The minimum absolute atomic E-state index is 0.0695. The summed E-state index contributed by atoms with van der Waals surface area (Å²) in [4.78, 5) is 0. The molecule has 3 nitrogen and oxygen atoms in total. The number of ether oxygens (including phenoxy) is 2. The van der Waals surface area contributed by atoms with Gasteiger partial charge in [0, 0.05) is 5.56 Å². The van der Waals surface area contributed by atoms with Gasteiger partial charge in [-0.2, -0.15) is 0 Å². The Labute approximate surface area is 149 Å². The van der Waals surface area contributed by atoms with Crippen LogP contribution in [-0.4, -0.2) is 26.3 Å². The summed E-state index contributed by atoms with van der Waals surface area (Å²) in [6.45, 7) is 1.91. The minimum atomic E-state index is -0.245. The van der Waals surface area contributed by atoms with Crippen molar-refractivity contribution in [3.63, 3.8) is 0 Å². The van der Waals surface area contributed by atoms with Gasteiger partial charge < -0.3 is 14.8 Å². The summed E-state index contributed by atoms with van der Waals surface area (Å²) in [5.74, 6) is 0.457. The molecule has 2 aromatic rings. The monoisotopic (exact) mass is 343 g/mol. The first-order chi connectivity index (χ1) is 12.3. The van der Waals surface area contributed by atoms with Gasteiger partial charge in [0.2, 0.25) is 0 Å². The molecule has 0 saturated carbocycles. The molecule has 2 atom stereocenters. The first-order valence-corrected chi connectivity index (χ1v) is 9.00. The van der Waals surface area contributed by atoms with Crippen LogP contribution in [0.2, 0.25) is 0 Å². The maximum absolute atomic E-state index is 13.5. The first kappa shape index (κ1) is 17.9. The lowest BCUT2D eigenvalue weighted by Crippen LogP contribution is -2.22. The Morgan fingerprint density at radius 2 is 1.96 bits per heavy atom. The molecule has 1 saturated heterocycles. The average molecular weight is 343 g/mol. The van der Waals surface area contributed by atoms with Gasteiger partial charge in [0.1, 0.15) is 11.6 Å². The molecule has 0 spiro atoms. The van der Waals surface area contributed by atoms with Crippen molar-refractivity contribution in [2.45, 2.75) is 37.9 Å². The second-order valence-corrected chi connectivity index (χ2v) is 6.48. The van der Waals surface area contributed by atoms with E-state index in [0.29, 0.717) is 5.75 Å². The van der Waals surface area contributed by atoms with Gasteiger partial charge in [-0.25, -0.2) is 4.39 Å². The molecule has 2 aromatic carbocycles. The molecule has 0 bridgehead atoms. The molecule has 0 aromatic heterocycles. The van der Waals surface area contributed by atoms with Crippen molar-refractivity contribution in [2.24, 2.45) is 0 Å². The van der Waals surface area contributed by atoms with Gasteiger partial charge in [0.25, 0.3) is 0 Å². The highest BCUT2D eigenvalue weighted by Gasteiger charge is 2.28. The van der Waals surface area contributed by atoms with Crippen molar-refractivity contribution < 1.29 is 13.9 Å². The maximum Gasteiger partial charge on any atom is 0.124 e. The minimum Gasteiger partial charge on any atom is -0.496 e. The Balaban J connectivity index is 1.40. The zero-order valence-electron chi connectivity index (χ0n) is 14.7. The van der Waals surface area contributed by atoms with Crippen molar-refractivity contribution in [1.82, 2.24) is 5.32 Å². The fourth-order valence-corrected chi connectivity index (χ4v) is 3.37. The van der Waals surface area contributed by atoms with Crippen LogP contribution < -0.4 is 10.1 Å². The van der Waals surface area contributed by atoms with E-state index in [2.05, 4.69) is 29.6 Å². The third-order valence-electron chi connectivity index (χ3n) is 4.72. The zero-order chi connectivity index (χ0) is 17.5. The summed E-state index contributed by atoms with van der Waals surface area (Å²) in [7, 11) is 1.61. The van der Waals surface area contributed by atoms with Gasteiger partial charge in [-0.1, -0.05) is 30.3 Å². The van der Waals surface area contributed by atoms with Crippen LogP contribution in [0.25, 0.3) is 0 Å².